The van der Waals surface area contributed by atoms with Crippen molar-refractivity contribution in [3.05, 3.63) is 195 Å². The van der Waals surface area contributed by atoms with E-state index in [9.17, 15) is 0 Å². The van der Waals surface area contributed by atoms with Gasteiger partial charge in [0, 0.05) is 50.9 Å². The summed E-state index contributed by atoms with van der Waals surface area (Å²) in [6.07, 6.45) is 5.87. The summed E-state index contributed by atoms with van der Waals surface area (Å²) in [4.78, 5) is 9.89. The fourth-order valence-corrected chi connectivity index (χ4v) is 14.2. The number of pyridine rings is 2. The van der Waals surface area contributed by atoms with Crippen molar-refractivity contribution in [2.24, 2.45) is 0 Å². The summed E-state index contributed by atoms with van der Waals surface area (Å²) < 4.78 is 11.0. The molecule has 56 heavy (non-hydrogen) atoms. The molecular weight excluding hydrogens is 701 g/mol. The highest BCUT2D eigenvalue weighted by atomic mass is 28.3. The molecule has 0 amide bonds. The number of benzene rings is 7. The zero-order valence-electron chi connectivity index (χ0n) is 30.2. The van der Waals surface area contributed by atoms with E-state index in [1.807, 2.05) is 24.5 Å². The van der Waals surface area contributed by atoms with Crippen LogP contribution in [-0.2, 0) is 0 Å². The van der Waals surface area contributed by atoms with Crippen molar-refractivity contribution in [1.29, 1.82) is 0 Å². The molecule has 0 fully saturated rings. The summed E-state index contributed by atoms with van der Waals surface area (Å²) in [5.74, 6) is 0.878. The van der Waals surface area contributed by atoms with Gasteiger partial charge in [0.25, 0.3) is 0 Å². The molecule has 0 atom stereocenters. The smallest absolute Gasteiger partial charge is 0.179 e. The van der Waals surface area contributed by atoms with E-state index >= 15 is 0 Å². The van der Waals surface area contributed by atoms with E-state index in [-0.39, 0.29) is 0 Å². The molecule has 5 heterocycles. The Bertz CT molecular complexity index is 3440. The van der Waals surface area contributed by atoms with Crippen LogP contribution in [0.3, 0.4) is 0 Å². The minimum absolute atomic E-state index is 0.878. The van der Waals surface area contributed by atoms with Crippen molar-refractivity contribution in [2.75, 3.05) is 0 Å². The van der Waals surface area contributed by atoms with Gasteiger partial charge in [-0.25, -0.2) is 9.97 Å². The summed E-state index contributed by atoms with van der Waals surface area (Å²) >= 11 is 0. The second kappa shape index (κ2) is 11.9. The van der Waals surface area contributed by atoms with E-state index in [1.54, 1.807) is 0 Å². The lowest BCUT2D eigenvalue weighted by atomic mass is 10.1. The summed E-state index contributed by atoms with van der Waals surface area (Å²) in [5.41, 5.74) is 6.10. The van der Waals surface area contributed by atoms with Crippen LogP contribution in [0, 0.1) is 0 Å². The van der Waals surface area contributed by atoms with Gasteiger partial charge in [-0.15, -0.1) is 0 Å². The van der Waals surface area contributed by atoms with Crippen LogP contribution in [0.4, 0.5) is 0 Å². The van der Waals surface area contributed by atoms with Crippen molar-refractivity contribution in [3.8, 4) is 5.82 Å². The topological polar surface area (TPSA) is 48.3 Å². The van der Waals surface area contributed by atoms with Gasteiger partial charge in [0.2, 0.25) is 0 Å². The highest BCUT2D eigenvalue weighted by Gasteiger charge is 2.42. The molecule has 0 bridgehead atoms. The highest BCUT2D eigenvalue weighted by molar-refractivity contribution is 7.20. The van der Waals surface area contributed by atoms with Gasteiger partial charge < -0.3 is 4.42 Å². The molecule has 0 radical (unpaired) electrons. The largest absolute Gasteiger partial charge is 0.456 e. The van der Waals surface area contributed by atoms with Gasteiger partial charge in [-0.3, -0.25) is 8.97 Å². The Kier molecular flexibility index (Phi) is 6.59. The van der Waals surface area contributed by atoms with E-state index < -0.39 is 8.07 Å². The number of aromatic nitrogens is 4. The number of para-hydroxylation sites is 2. The predicted molar refractivity (Wildman–Crippen MR) is 233 cm³/mol. The van der Waals surface area contributed by atoms with Crippen molar-refractivity contribution < 1.29 is 4.42 Å². The number of nitrogens with zero attached hydrogens (tertiary/aromatic N) is 4. The van der Waals surface area contributed by atoms with Crippen LogP contribution in [-0.4, -0.2) is 27.0 Å². The number of hydrogen-bond donors (Lipinski definition) is 0. The van der Waals surface area contributed by atoms with E-state index in [0.717, 1.165) is 55.3 Å². The Hall–Kier alpha value is -7.28. The highest BCUT2D eigenvalue weighted by Crippen LogP contribution is 2.41. The molecular formula is C50H32N4OSi. The van der Waals surface area contributed by atoms with Gasteiger partial charge in [-0.1, -0.05) is 133 Å². The maximum Gasteiger partial charge on any atom is 0.179 e. The third-order valence-electron chi connectivity index (χ3n) is 11.8. The molecule has 0 saturated heterocycles. The Morgan fingerprint density at radius 3 is 1.89 bits per heavy atom. The first-order chi connectivity index (χ1) is 27.8. The van der Waals surface area contributed by atoms with E-state index in [4.69, 9.17) is 14.4 Å². The lowest BCUT2D eigenvalue weighted by Gasteiger charge is -2.35. The molecule has 0 N–H and O–H groups in total. The van der Waals surface area contributed by atoms with Crippen LogP contribution in [0.5, 0.6) is 0 Å². The third kappa shape index (κ3) is 4.24. The van der Waals surface area contributed by atoms with Gasteiger partial charge in [0.15, 0.2) is 8.07 Å². The van der Waals surface area contributed by atoms with Crippen LogP contribution < -0.4 is 20.7 Å². The molecule has 0 aliphatic rings. The van der Waals surface area contributed by atoms with E-state index in [0.29, 0.717) is 0 Å². The third-order valence-corrected chi connectivity index (χ3v) is 16.5. The molecule has 0 aliphatic heterocycles. The first kappa shape index (κ1) is 31.1. The molecule has 12 aromatic rings. The van der Waals surface area contributed by atoms with E-state index in [1.165, 1.54) is 42.3 Å². The van der Waals surface area contributed by atoms with Crippen molar-refractivity contribution >= 4 is 99.9 Å². The predicted octanol–water partition coefficient (Wildman–Crippen LogP) is 9.41. The van der Waals surface area contributed by atoms with Gasteiger partial charge >= 0.3 is 0 Å². The second-order valence-corrected chi connectivity index (χ2v) is 18.4. The van der Waals surface area contributed by atoms with Crippen LogP contribution in [0.15, 0.2) is 199 Å². The zero-order valence-corrected chi connectivity index (χ0v) is 31.2. The molecule has 0 aliphatic carbocycles. The van der Waals surface area contributed by atoms with Gasteiger partial charge in [-0.2, -0.15) is 0 Å². The van der Waals surface area contributed by atoms with Crippen molar-refractivity contribution in [3.63, 3.8) is 0 Å². The number of imidazole rings is 1. The Balaban J connectivity index is 1.24. The van der Waals surface area contributed by atoms with Gasteiger partial charge in [-0.05, 0) is 68.6 Å². The Labute approximate surface area is 322 Å². The molecule has 0 spiro atoms. The number of furan rings is 1. The number of hydrogen-bond acceptors (Lipinski definition) is 3. The van der Waals surface area contributed by atoms with Crippen LogP contribution in [0.2, 0.25) is 0 Å². The Morgan fingerprint density at radius 2 is 1.11 bits per heavy atom. The molecule has 0 saturated carbocycles. The first-order valence-electron chi connectivity index (χ1n) is 19.0. The number of fused-ring (bicyclic) bond motifs is 13. The SMILES string of the molecule is c1ccc([Si](c2ccccc2)(c2ccc3c4ccccc4n4ccnc4c3c2)c2ccc3c4c5c(ccc4n(-c4ccccn4)c3c2)oc2ccccc25)cc1. The van der Waals surface area contributed by atoms with Crippen molar-refractivity contribution in [2.45, 2.75) is 0 Å². The maximum absolute atomic E-state index is 6.44. The molecule has 5 aromatic heterocycles. The lowest BCUT2D eigenvalue weighted by Crippen LogP contribution is -2.74. The van der Waals surface area contributed by atoms with Crippen LogP contribution in [0.25, 0.3) is 76.9 Å². The van der Waals surface area contributed by atoms with Crippen LogP contribution in [0.1, 0.15) is 0 Å². The lowest BCUT2D eigenvalue weighted by molar-refractivity contribution is 0.669. The summed E-state index contributed by atoms with van der Waals surface area (Å²) in [6.45, 7) is 0. The van der Waals surface area contributed by atoms with Crippen LogP contribution >= 0.6 is 0 Å². The molecule has 5 nitrogen and oxygen atoms in total. The minimum atomic E-state index is -3.02. The normalized spacial score (nSPS) is 12.3. The molecule has 0 unspecified atom stereocenters. The Morgan fingerprint density at radius 1 is 0.411 bits per heavy atom. The first-order valence-corrected chi connectivity index (χ1v) is 21.0. The average Bonchev–Trinajstić information content (AvgIpc) is 4.00. The molecule has 7 aromatic carbocycles. The molecule has 6 heteroatoms. The summed E-state index contributed by atoms with van der Waals surface area (Å²) in [6, 6.07) is 64.1. The minimum Gasteiger partial charge on any atom is -0.456 e. The second-order valence-electron chi connectivity index (χ2n) is 14.6. The summed E-state index contributed by atoms with van der Waals surface area (Å²) in [5, 5.41) is 13.4. The standard InChI is InChI=1S/C50H32N4OSi/c1-3-13-33(14-4-1)56(34-15-5-2-6-16-34,35-22-24-37-38-17-7-9-19-42(38)53-30-29-52-50(53)41(37)31-35)36-23-25-39-44(32-36)54(47-21-11-12-28-51-47)43-26-27-46-49(48(39)43)40-18-8-10-20-45(40)55-46/h1-32H. The van der Waals surface area contributed by atoms with E-state index in [2.05, 4.69) is 179 Å². The monoisotopic (exact) mass is 732 g/mol. The quantitative estimate of drug-likeness (QED) is 0.101. The summed E-state index contributed by atoms with van der Waals surface area (Å²) in [7, 11) is -3.02. The average molecular weight is 733 g/mol. The van der Waals surface area contributed by atoms with Gasteiger partial charge in [0.1, 0.15) is 22.6 Å². The fourth-order valence-electron chi connectivity index (χ4n) is 9.47. The maximum atomic E-state index is 6.44. The fraction of sp³-hybridized carbons (Fsp3) is 0. The molecule has 262 valence electrons. The zero-order chi connectivity index (χ0) is 36.8. The number of rotatable bonds is 5. The van der Waals surface area contributed by atoms with Gasteiger partial charge in [0.05, 0.1) is 16.6 Å². The van der Waals surface area contributed by atoms with Crippen molar-refractivity contribution in [1.82, 2.24) is 18.9 Å². The molecule has 12 rings (SSSR count).